The van der Waals surface area contributed by atoms with E-state index in [1.165, 1.54) is 17.4 Å². The lowest BCUT2D eigenvalue weighted by atomic mass is 10.3. The second-order valence-corrected chi connectivity index (χ2v) is 5.70. The van der Waals surface area contributed by atoms with Gasteiger partial charge in [-0.3, -0.25) is 9.59 Å². The van der Waals surface area contributed by atoms with Crippen molar-refractivity contribution < 1.29 is 14.3 Å². The number of anilines is 1. The number of thiophene rings is 1. The molecule has 0 spiro atoms. The molecule has 0 saturated heterocycles. The molecule has 0 radical (unpaired) electrons. The molecule has 0 fully saturated rings. The Morgan fingerprint density at radius 3 is 2.71 bits per heavy atom. The minimum Gasteiger partial charge on any atom is -0.482 e. The van der Waals surface area contributed by atoms with Crippen LogP contribution in [0.1, 0.15) is 10.4 Å². The van der Waals surface area contributed by atoms with Crippen molar-refractivity contribution in [3.63, 3.8) is 0 Å². The maximum absolute atomic E-state index is 11.8. The Hall–Kier alpha value is -1.76. The van der Waals surface area contributed by atoms with Crippen molar-refractivity contribution in [2.24, 2.45) is 5.73 Å². The minimum atomic E-state index is -0.604. The van der Waals surface area contributed by atoms with Gasteiger partial charge in [0.2, 0.25) is 0 Å². The second kappa shape index (κ2) is 6.80. The molecular weight excluding hydrogens is 335 g/mol. The number of halogens is 2. The SMILES string of the molecule is NC(=O)c1ccsc1NC(=O)COc1ccc(Cl)cc1Cl. The molecule has 0 saturated carbocycles. The Bertz CT molecular complexity index is 688. The first-order valence-corrected chi connectivity index (χ1v) is 7.36. The molecule has 1 heterocycles. The van der Waals surface area contributed by atoms with Gasteiger partial charge in [-0.05, 0) is 29.6 Å². The Balaban J connectivity index is 1.96. The van der Waals surface area contributed by atoms with E-state index in [0.29, 0.717) is 20.8 Å². The Labute approximate surface area is 134 Å². The lowest BCUT2D eigenvalue weighted by Crippen LogP contribution is -2.21. The summed E-state index contributed by atoms with van der Waals surface area (Å²) in [6.45, 7) is -0.253. The third-order valence-corrected chi connectivity index (χ3v) is 3.80. The van der Waals surface area contributed by atoms with Crippen molar-refractivity contribution >= 4 is 51.4 Å². The van der Waals surface area contributed by atoms with Gasteiger partial charge in [0.05, 0.1) is 10.6 Å². The van der Waals surface area contributed by atoms with Crippen molar-refractivity contribution in [3.05, 3.63) is 45.3 Å². The molecule has 0 aliphatic carbocycles. The van der Waals surface area contributed by atoms with Gasteiger partial charge in [-0.2, -0.15) is 0 Å². The molecule has 8 heteroatoms. The van der Waals surface area contributed by atoms with Crippen molar-refractivity contribution in [1.29, 1.82) is 0 Å². The predicted octanol–water partition coefficient (Wildman–Crippen LogP) is 3.17. The highest BCUT2D eigenvalue weighted by Crippen LogP contribution is 2.27. The van der Waals surface area contributed by atoms with E-state index < -0.39 is 11.8 Å². The normalized spacial score (nSPS) is 10.2. The fraction of sp³-hybridized carbons (Fsp3) is 0.0769. The molecule has 21 heavy (non-hydrogen) atoms. The van der Waals surface area contributed by atoms with E-state index in [4.69, 9.17) is 33.7 Å². The summed E-state index contributed by atoms with van der Waals surface area (Å²) in [6.07, 6.45) is 0. The van der Waals surface area contributed by atoms with Crippen LogP contribution in [0, 0.1) is 0 Å². The van der Waals surface area contributed by atoms with E-state index >= 15 is 0 Å². The van der Waals surface area contributed by atoms with Crippen LogP contribution in [-0.4, -0.2) is 18.4 Å². The van der Waals surface area contributed by atoms with Crippen LogP contribution in [0.25, 0.3) is 0 Å². The minimum absolute atomic E-state index is 0.253. The number of benzene rings is 1. The highest BCUT2D eigenvalue weighted by molar-refractivity contribution is 7.14. The fourth-order valence-electron chi connectivity index (χ4n) is 1.50. The smallest absolute Gasteiger partial charge is 0.262 e. The Morgan fingerprint density at radius 1 is 1.29 bits per heavy atom. The number of rotatable bonds is 5. The largest absolute Gasteiger partial charge is 0.482 e. The first-order chi connectivity index (χ1) is 9.97. The van der Waals surface area contributed by atoms with Gasteiger partial charge in [-0.25, -0.2) is 0 Å². The summed E-state index contributed by atoms with van der Waals surface area (Å²) in [5.74, 6) is -0.684. The molecular formula is C13H10Cl2N2O3S. The Kier molecular flexibility index (Phi) is 5.06. The van der Waals surface area contributed by atoms with Gasteiger partial charge in [0.25, 0.3) is 11.8 Å². The zero-order valence-electron chi connectivity index (χ0n) is 10.6. The third kappa shape index (κ3) is 4.10. The molecule has 1 aromatic carbocycles. The van der Waals surface area contributed by atoms with Crippen molar-refractivity contribution in [3.8, 4) is 5.75 Å². The van der Waals surface area contributed by atoms with E-state index in [-0.39, 0.29) is 12.2 Å². The molecule has 110 valence electrons. The zero-order valence-corrected chi connectivity index (χ0v) is 12.9. The quantitative estimate of drug-likeness (QED) is 0.873. The molecule has 2 aromatic rings. The molecule has 2 rings (SSSR count). The zero-order chi connectivity index (χ0) is 15.4. The Morgan fingerprint density at radius 2 is 2.05 bits per heavy atom. The lowest BCUT2D eigenvalue weighted by Gasteiger charge is -2.08. The topological polar surface area (TPSA) is 81.4 Å². The molecule has 0 aliphatic rings. The van der Waals surface area contributed by atoms with Gasteiger partial charge in [-0.1, -0.05) is 23.2 Å². The maximum Gasteiger partial charge on any atom is 0.262 e. The van der Waals surface area contributed by atoms with Gasteiger partial charge >= 0.3 is 0 Å². The summed E-state index contributed by atoms with van der Waals surface area (Å²) in [7, 11) is 0. The number of nitrogens with two attached hydrogens (primary N) is 1. The number of nitrogens with one attached hydrogen (secondary N) is 1. The first kappa shape index (κ1) is 15.6. The molecule has 0 aliphatic heterocycles. The number of amides is 2. The van der Waals surface area contributed by atoms with E-state index in [9.17, 15) is 9.59 Å². The number of primary amides is 1. The van der Waals surface area contributed by atoms with Crippen LogP contribution in [0.2, 0.25) is 10.0 Å². The number of carbonyl (C=O) groups excluding carboxylic acids is 2. The molecule has 0 unspecified atom stereocenters. The van der Waals surface area contributed by atoms with Crippen LogP contribution in [0.5, 0.6) is 5.75 Å². The molecule has 3 N–H and O–H groups in total. The molecule has 0 atom stereocenters. The van der Waals surface area contributed by atoms with E-state index in [1.54, 1.807) is 23.6 Å². The van der Waals surface area contributed by atoms with Crippen LogP contribution in [0.3, 0.4) is 0 Å². The van der Waals surface area contributed by atoms with Crippen LogP contribution in [0.4, 0.5) is 5.00 Å². The number of ether oxygens (including phenoxy) is 1. The number of hydrogen-bond donors (Lipinski definition) is 2. The third-order valence-electron chi connectivity index (χ3n) is 2.44. The predicted molar refractivity (Wildman–Crippen MR) is 83.4 cm³/mol. The maximum atomic E-state index is 11.8. The van der Waals surface area contributed by atoms with Gasteiger partial charge in [-0.15, -0.1) is 11.3 Å². The first-order valence-electron chi connectivity index (χ1n) is 5.72. The highest BCUT2D eigenvalue weighted by Gasteiger charge is 2.13. The summed E-state index contributed by atoms with van der Waals surface area (Å²) in [6, 6.07) is 6.23. The van der Waals surface area contributed by atoms with E-state index in [2.05, 4.69) is 5.32 Å². The highest BCUT2D eigenvalue weighted by atomic mass is 35.5. The average molecular weight is 345 g/mol. The second-order valence-electron chi connectivity index (χ2n) is 3.94. The van der Waals surface area contributed by atoms with Crippen molar-refractivity contribution in [1.82, 2.24) is 0 Å². The summed E-state index contributed by atoms with van der Waals surface area (Å²) < 4.78 is 5.29. The monoisotopic (exact) mass is 344 g/mol. The van der Waals surface area contributed by atoms with Crippen molar-refractivity contribution in [2.45, 2.75) is 0 Å². The van der Waals surface area contributed by atoms with Crippen LogP contribution in [-0.2, 0) is 4.79 Å². The molecule has 2 amide bonds. The summed E-state index contributed by atoms with van der Waals surface area (Å²) in [4.78, 5) is 22.9. The summed E-state index contributed by atoms with van der Waals surface area (Å²) in [5.41, 5.74) is 5.45. The lowest BCUT2D eigenvalue weighted by molar-refractivity contribution is -0.118. The summed E-state index contributed by atoms with van der Waals surface area (Å²) >= 11 is 12.9. The van der Waals surface area contributed by atoms with E-state index in [0.717, 1.165) is 0 Å². The van der Waals surface area contributed by atoms with Gasteiger partial charge in [0.15, 0.2) is 6.61 Å². The van der Waals surface area contributed by atoms with Gasteiger partial charge in [0, 0.05) is 5.02 Å². The van der Waals surface area contributed by atoms with Crippen LogP contribution in [0.15, 0.2) is 29.6 Å². The molecule has 5 nitrogen and oxygen atoms in total. The molecule has 0 bridgehead atoms. The van der Waals surface area contributed by atoms with Crippen LogP contribution < -0.4 is 15.8 Å². The molecule has 1 aromatic heterocycles. The number of carbonyl (C=O) groups is 2. The fourth-order valence-corrected chi connectivity index (χ4v) is 2.77. The summed E-state index contributed by atoms with van der Waals surface area (Å²) in [5, 5.41) is 5.39. The van der Waals surface area contributed by atoms with Gasteiger partial charge < -0.3 is 15.8 Å². The van der Waals surface area contributed by atoms with Gasteiger partial charge in [0.1, 0.15) is 10.8 Å². The van der Waals surface area contributed by atoms with Crippen LogP contribution >= 0.6 is 34.5 Å². The number of hydrogen-bond acceptors (Lipinski definition) is 4. The standard InChI is InChI=1S/C13H10Cl2N2O3S/c14-7-1-2-10(9(15)5-7)20-6-11(18)17-13-8(12(16)19)3-4-21-13/h1-5H,6H2,(H2,16,19)(H,17,18). The average Bonchev–Trinajstić information content (AvgIpc) is 2.86. The van der Waals surface area contributed by atoms with Crippen molar-refractivity contribution in [2.75, 3.05) is 11.9 Å². The van der Waals surface area contributed by atoms with E-state index in [1.807, 2.05) is 0 Å².